The Labute approximate surface area is 98.2 Å². The smallest absolute Gasteiger partial charge is 0.320 e. The number of ketones is 1. The molecule has 2 rings (SSSR count). The third-order valence-corrected chi connectivity index (χ3v) is 3.69. The molecule has 0 N–H and O–H groups in total. The lowest BCUT2D eigenvalue weighted by molar-refractivity contribution is -0.145. The van der Waals surface area contributed by atoms with E-state index in [0.717, 1.165) is 16.2 Å². The van der Waals surface area contributed by atoms with Crippen molar-refractivity contribution in [2.45, 2.75) is 17.2 Å². The van der Waals surface area contributed by atoms with Gasteiger partial charge in [0.25, 0.3) is 0 Å². The van der Waals surface area contributed by atoms with Crippen LogP contribution >= 0.6 is 11.8 Å². The van der Waals surface area contributed by atoms with Gasteiger partial charge in [0.1, 0.15) is 5.92 Å². The Bertz CT molecular complexity index is 428. The predicted molar refractivity (Wildman–Crippen MR) is 61.5 cm³/mol. The number of ether oxygens (including phenoxy) is 1. The molecule has 1 aromatic carbocycles. The normalized spacial score (nSPS) is 19.8. The summed E-state index contributed by atoms with van der Waals surface area (Å²) in [4.78, 5) is 24.5. The van der Waals surface area contributed by atoms with E-state index in [4.69, 9.17) is 4.74 Å². The summed E-state index contributed by atoms with van der Waals surface area (Å²) in [6, 6.07) is 7.52. The molecule has 16 heavy (non-hydrogen) atoms. The summed E-state index contributed by atoms with van der Waals surface area (Å²) in [6.07, 6.45) is 0.416. The van der Waals surface area contributed by atoms with E-state index in [-0.39, 0.29) is 5.78 Å². The number of esters is 1. The van der Waals surface area contributed by atoms with E-state index in [1.165, 1.54) is 7.11 Å². The summed E-state index contributed by atoms with van der Waals surface area (Å²) in [5.74, 6) is -0.524. The Kier molecular flexibility index (Phi) is 3.29. The highest BCUT2D eigenvalue weighted by Gasteiger charge is 2.32. The number of hydrogen-bond donors (Lipinski definition) is 0. The van der Waals surface area contributed by atoms with E-state index < -0.39 is 11.9 Å². The molecule has 0 saturated carbocycles. The fraction of sp³-hybridized carbons (Fsp3) is 0.333. The number of benzene rings is 1. The molecule has 0 radical (unpaired) electrons. The molecule has 4 heteroatoms. The Morgan fingerprint density at radius 3 is 2.94 bits per heavy atom. The molecule has 1 aromatic rings. The van der Waals surface area contributed by atoms with E-state index in [9.17, 15) is 9.59 Å². The molecule has 84 valence electrons. The number of Topliss-reactive ketones (excluding diaryl/α,β-unsaturated/α-hetero) is 1. The zero-order valence-corrected chi connectivity index (χ0v) is 9.75. The first-order valence-electron chi connectivity index (χ1n) is 5.06. The second-order valence-electron chi connectivity index (χ2n) is 3.56. The maximum atomic E-state index is 11.9. The Hall–Kier alpha value is -1.29. The van der Waals surface area contributed by atoms with Gasteiger partial charge in [-0.1, -0.05) is 18.2 Å². The van der Waals surface area contributed by atoms with Gasteiger partial charge in [0.15, 0.2) is 5.78 Å². The molecule has 0 bridgehead atoms. The fourth-order valence-corrected chi connectivity index (χ4v) is 2.86. The van der Waals surface area contributed by atoms with Crippen molar-refractivity contribution in [3.63, 3.8) is 0 Å². The van der Waals surface area contributed by atoms with Crippen LogP contribution in [0.4, 0.5) is 0 Å². The predicted octanol–water partition coefficient (Wildman–Crippen LogP) is 2.01. The molecule has 1 heterocycles. The molecule has 1 aliphatic heterocycles. The first-order valence-corrected chi connectivity index (χ1v) is 6.05. The zero-order valence-electron chi connectivity index (χ0n) is 8.93. The van der Waals surface area contributed by atoms with E-state index in [1.807, 2.05) is 24.3 Å². The van der Waals surface area contributed by atoms with Crippen LogP contribution in [0.3, 0.4) is 0 Å². The first kappa shape index (κ1) is 11.2. The standard InChI is InChI=1S/C12H12O3S/c1-15-12(14)11-8-4-2-3-5-10(8)16-7-6-9(11)13/h2-5,11H,6-7H2,1H3. The third-order valence-electron chi connectivity index (χ3n) is 2.59. The van der Waals surface area contributed by atoms with Gasteiger partial charge in [-0.2, -0.15) is 0 Å². The highest BCUT2D eigenvalue weighted by atomic mass is 32.2. The molecular weight excluding hydrogens is 224 g/mol. The molecular formula is C12H12O3S. The molecule has 0 spiro atoms. The molecule has 0 saturated heterocycles. The van der Waals surface area contributed by atoms with Crippen LogP contribution in [0.1, 0.15) is 17.9 Å². The van der Waals surface area contributed by atoms with Crippen molar-refractivity contribution in [2.24, 2.45) is 0 Å². The first-order chi connectivity index (χ1) is 7.74. The van der Waals surface area contributed by atoms with Crippen molar-refractivity contribution in [2.75, 3.05) is 12.9 Å². The van der Waals surface area contributed by atoms with E-state index in [2.05, 4.69) is 0 Å². The molecule has 0 amide bonds. The third kappa shape index (κ3) is 1.97. The Morgan fingerprint density at radius 1 is 1.44 bits per heavy atom. The van der Waals surface area contributed by atoms with E-state index in [1.54, 1.807) is 11.8 Å². The van der Waals surface area contributed by atoms with Gasteiger partial charge in [-0.25, -0.2) is 0 Å². The maximum Gasteiger partial charge on any atom is 0.320 e. The van der Waals surface area contributed by atoms with Crippen molar-refractivity contribution in [3.8, 4) is 0 Å². The van der Waals surface area contributed by atoms with Crippen molar-refractivity contribution >= 4 is 23.5 Å². The second kappa shape index (κ2) is 4.70. The van der Waals surface area contributed by atoms with Gasteiger partial charge < -0.3 is 4.74 Å². The van der Waals surface area contributed by atoms with Crippen LogP contribution in [0.15, 0.2) is 29.2 Å². The molecule has 0 aliphatic carbocycles. The minimum atomic E-state index is -0.740. The van der Waals surface area contributed by atoms with Gasteiger partial charge in [0.05, 0.1) is 7.11 Å². The molecule has 3 nitrogen and oxygen atoms in total. The van der Waals surface area contributed by atoms with Crippen LogP contribution in [-0.2, 0) is 14.3 Å². The van der Waals surface area contributed by atoms with Gasteiger partial charge in [0.2, 0.25) is 0 Å². The number of thioether (sulfide) groups is 1. The van der Waals surface area contributed by atoms with Crippen molar-refractivity contribution in [1.29, 1.82) is 0 Å². The summed E-state index contributed by atoms with van der Waals surface area (Å²) in [6.45, 7) is 0. The van der Waals surface area contributed by atoms with E-state index >= 15 is 0 Å². The number of carbonyl (C=O) groups is 2. The van der Waals surface area contributed by atoms with Crippen molar-refractivity contribution in [1.82, 2.24) is 0 Å². The number of methoxy groups -OCH3 is 1. The largest absolute Gasteiger partial charge is 0.468 e. The van der Waals surface area contributed by atoms with Crippen molar-refractivity contribution in [3.05, 3.63) is 29.8 Å². The van der Waals surface area contributed by atoms with Crippen LogP contribution in [0.2, 0.25) is 0 Å². The van der Waals surface area contributed by atoms with Gasteiger partial charge in [0, 0.05) is 17.1 Å². The lowest BCUT2D eigenvalue weighted by atomic mass is 9.93. The van der Waals surface area contributed by atoms with Crippen LogP contribution in [-0.4, -0.2) is 24.6 Å². The number of fused-ring (bicyclic) bond motifs is 1. The number of carbonyl (C=O) groups excluding carboxylic acids is 2. The average Bonchev–Trinajstić information content (AvgIpc) is 2.46. The number of hydrogen-bond acceptors (Lipinski definition) is 4. The van der Waals surface area contributed by atoms with Crippen LogP contribution in [0.5, 0.6) is 0 Å². The topological polar surface area (TPSA) is 43.4 Å². The van der Waals surface area contributed by atoms with Crippen molar-refractivity contribution < 1.29 is 14.3 Å². The fourth-order valence-electron chi connectivity index (χ4n) is 1.81. The van der Waals surface area contributed by atoms with Gasteiger partial charge in [-0.05, 0) is 11.6 Å². The average molecular weight is 236 g/mol. The van der Waals surface area contributed by atoms with Gasteiger partial charge >= 0.3 is 5.97 Å². The Morgan fingerprint density at radius 2 is 2.19 bits per heavy atom. The van der Waals surface area contributed by atoms with Crippen LogP contribution in [0, 0.1) is 0 Å². The lowest BCUT2D eigenvalue weighted by Gasteiger charge is -2.13. The summed E-state index contributed by atoms with van der Waals surface area (Å²) < 4.78 is 4.70. The van der Waals surface area contributed by atoms with Gasteiger partial charge in [-0.15, -0.1) is 11.8 Å². The highest BCUT2D eigenvalue weighted by Crippen LogP contribution is 2.34. The SMILES string of the molecule is COC(=O)C1C(=O)CCSc2ccccc21. The monoisotopic (exact) mass is 236 g/mol. The summed E-state index contributed by atoms with van der Waals surface area (Å²) in [7, 11) is 1.32. The maximum absolute atomic E-state index is 11.9. The highest BCUT2D eigenvalue weighted by molar-refractivity contribution is 7.99. The van der Waals surface area contributed by atoms with Gasteiger partial charge in [-0.3, -0.25) is 9.59 Å². The summed E-state index contributed by atoms with van der Waals surface area (Å²) in [5, 5.41) is 0. The molecule has 1 atom stereocenters. The quantitative estimate of drug-likeness (QED) is 0.552. The lowest BCUT2D eigenvalue weighted by Crippen LogP contribution is -2.22. The zero-order chi connectivity index (χ0) is 11.5. The van der Waals surface area contributed by atoms with Crippen LogP contribution in [0.25, 0.3) is 0 Å². The van der Waals surface area contributed by atoms with Crippen LogP contribution < -0.4 is 0 Å². The minimum Gasteiger partial charge on any atom is -0.468 e. The minimum absolute atomic E-state index is 0.0516. The van der Waals surface area contributed by atoms with E-state index in [0.29, 0.717) is 6.42 Å². The second-order valence-corrected chi connectivity index (χ2v) is 4.70. The number of rotatable bonds is 1. The molecule has 0 aromatic heterocycles. The summed E-state index contributed by atoms with van der Waals surface area (Å²) in [5.41, 5.74) is 0.779. The summed E-state index contributed by atoms with van der Waals surface area (Å²) >= 11 is 1.62. The molecule has 0 fully saturated rings. The molecule has 1 unspecified atom stereocenters. The Balaban J connectivity index is 2.48. The molecule has 1 aliphatic rings.